The van der Waals surface area contributed by atoms with Crippen molar-refractivity contribution in [3.05, 3.63) is 65.7 Å². The topological polar surface area (TPSA) is 220 Å². The van der Waals surface area contributed by atoms with Crippen LogP contribution in [0, 0.1) is 5.92 Å². The Bertz CT molecular complexity index is 1350. The Morgan fingerprint density at radius 2 is 1.54 bits per heavy atom. The van der Waals surface area contributed by atoms with Gasteiger partial charge in [0.2, 0.25) is 23.6 Å². The van der Waals surface area contributed by atoms with Crippen molar-refractivity contribution >= 4 is 29.6 Å². The number of aliphatic hydroxyl groups excluding tert-OH is 1. The maximum atomic E-state index is 13.5. The Morgan fingerprint density at radius 3 is 2.15 bits per heavy atom. The standard InChI is InChI=1S/C33H45N5O8/c1-20(2)16-26(31(44)45)37-30(43)25(18-21-8-4-3-5-9-21)36-28(41)19-35-32(46)33(15-7-6-10-27(33)40)38-29(42)24(34)17-22-11-13-23(39)14-12-22/h3-5,8-9,11-14,20,24-27,39-40H,6-7,10,15-19,34H2,1-2H3,(H,35,46)(H,36,41)(H,37,43)(H,38,42)(H,44,45)/t24-,25-,26-,27-,33-/m1/s1. The van der Waals surface area contributed by atoms with Crippen molar-refractivity contribution in [3.8, 4) is 5.75 Å². The fourth-order valence-corrected chi connectivity index (χ4v) is 5.50. The summed E-state index contributed by atoms with van der Waals surface area (Å²) in [6, 6.07) is 11.7. The summed E-state index contributed by atoms with van der Waals surface area (Å²) >= 11 is 0. The Hall–Kier alpha value is -4.49. The van der Waals surface area contributed by atoms with E-state index < -0.39 is 65.9 Å². The van der Waals surface area contributed by atoms with Crippen molar-refractivity contribution in [3.63, 3.8) is 0 Å². The van der Waals surface area contributed by atoms with Crippen LogP contribution in [0.25, 0.3) is 0 Å². The van der Waals surface area contributed by atoms with Crippen LogP contribution in [0.1, 0.15) is 57.1 Å². The van der Waals surface area contributed by atoms with E-state index in [4.69, 9.17) is 5.73 Å². The highest BCUT2D eigenvalue weighted by molar-refractivity contribution is 5.96. The van der Waals surface area contributed by atoms with Gasteiger partial charge in [0, 0.05) is 6.42 Å². The van der Waals surface area contributed by atoms with Crippen molar-refractivity contribution in [2.24, 2.45) is 11.7 Å². The van der Waals surface area contributed by atoms with Gasteiger partial charge in [-0.2, -0.15) is 0 Å². The van der Waals surface area contributed by atoms with Gasteiger partial charge in [-0.15, -0.1) is 0 Å². The van der Waals surface area contributed by atoms with E-state index in [1.165, 1.54) is 12.1 Å². The van der Waals surface area contributed by atoms with Gasteiger partial charge in [-0.25, -0.2) is 4.79 Å². The highest BCUT2D eigenvalue weighted by Gasteiger charge is 2.48. The minimum Gasteiger partial charge on any atom is -0.508 e. The molecular weight excluding hydrogens is 594 g/mol. The molecule has 4 amide bonds. The van der Waals surface area contributed by atoms with Gasteiger partial charge in [-0.3, -0.25) is 19.2 Å². The molecule has 0 heterocycles. The van der Waals surface area contributed by atoms with Gasteiger partial charge in [0.25, 0.3) is 0 Å². The van der Waals surface area contributed by atoms with Gasteiger partial charge < -0.3 is 42.3 Å². The van der Waals surface area contributed by atoms with Crippen LogP contribution in [-0.2, 0) is 36.8 Å². The maximum absolute atomic E-state index is 13.5. The van der Waals surface area contributed by atoms with E-state index in [1.807, 2.05) is 13.8 Å². The lowest BCUT2D eigenvalue weighted by molar-refractivity contribution is -0.143. The zero-order valence-corrected chi connectivity index (χ0v) is 26.2. The van der Waals surface area contributed by atoms with Crippen LogP contribution in [-0.4, -0.2) is 81.2 Å². The average molecular weight is 640 g/mol. The van der Waals surface area contributed by atoms with E-state index in [0.29, 0.717) is 18.4 Å². The van der Waals surface area contributed by atoms with E-state index in [1.54, 1.807) is 42.5 Å². The summed E-state index contributed by atoms with van der Waals surface area (Å²) in [5, 5.41) is 40.3. The maximum Gasteiger partial charge on any atom is 0.326 e. The number of carboxylic acids is 1. The van der Waals surface area contributed by atoms with Crippen molar-refractivity contribution < 1.29 is 39.3 Å². The lowest BCUT2D eigenvalue weighted by atomic mass is 9.78. The third-order valence-corrected chi connectivity index (χ3v) is 8.01. The molecular formula is C33H45N5O8. The lowest BCUT2D eigenvalue weighted by Crippen LogP contribution is -2.68. The Morgan fingerprint density at radius 1 is 0.891 bits per heavy atom. The van der Waals surface area contributed by atoms with Gasteiger partial charge in [-0.1, -0.05) is 69.2 Å². The summed E-state index contributed by atoms with van der Waals surface area (Å²) in [7, 11) is 0. The molecule has 5 atom stereocenters. The summed E-state index contributed by atoms with van der Waals surface area (Å²) in [4.78, 5) is 64.7. The Kier molecular flexibility index (Phi) is 13.1. The second-order valence-electron chi connectivity index (χ2n) is 12.2. The number of nitrogens with two attached hydrogens (primary N) is 1. The quantitative estimate of drug-likeness (QED) is 0.136. The molecule has 9 N–H and O–H groups in total. The van der Waals surface area contributed by atoms with Crippen LogP contribution in [0.15, 0.2) is 54.6 Å². The first-order valence-corrected chi connectivity index (χ1v) is 15.5. The number of aliphatic carboxylic acids is 1. The van der Waals surface area contributed by atoms with E-state index in [0.717, 1.165) is 5.56 Å². The molecule has 0 aromatic heterocycles. The minimum atomic E-state index is -1.73. The van der Waals surface area contributed by atoms with Crippen molar-refractivity contribution in [1.82, 2.24) is 21.3 Å². The number of aromatic hydroxyl groups is 1. The number of phenols is 1. The molecule has 250 valence electrons. The van der Waals surface area contributed by atoms with E-state index in [2.05, 4.69) is 21.3 Å². The molecule has 0 aliphatic heterocycles. The first kappa shape index (κ1) is 36.0. The predicted molar refractivity (Wildman–Crippen MR) is 169 cm³/mol. The van der Waals surface area contributed by atoms with Gasteiger partial charge in [0.1, 0.15) is 23.4 Å². The van der Waals surface area contributed by atoms with Gasteiger partial charge in [0.15, 0.2) is 0 Å². The fraction of sp³-hybridized carbons (Fsp3) is 0.485. The van der Waals surface area contributed by atoms with Crippen LogP contribution in [0.5, 0.6) is 5.75 Å². The molecule has 1 saturated carbocycles. The van der Waals surface area contributed by atoms with Gasteiger partial charge in [0.05, 0.1) is 18.7 Å². The molecule has 0 saturated heterocycles. The minimum absolute atomic E-state index is 0.0101. The number of carbonyl (C=O) groups excluding carboxylic acids is 4. The number of amides is 4. The van der Waals surface area contributed by atoms with Crippen LogP contribution < -0.4 is 27.0 Å². The number of aliphatic hydroxyl groups is 1. The Balaban J connectivity index is 1.69. The molecule has 3 rings (SSSR count). The van der Waals surface area contributed by atoms with Crippen LogP contribution in [0.4, 0.5) is 0 Å². The second-order valence-corrected chi connectivity index (χ2v) is 12.2. The van der Waals surface area contributed by atoms with Gasteiger partial charge in [-0.05, 0) is 54.9 Å². The summed E-state index contributed by atoms with van der Waals surface area (Å²) in [5.41, 5.74) is 5.81. The van der Waals surface area contributed by atoms with E-state index in [-0.39, 0.29) is 43.8 Å². The first-order chi connectivity index (χ1) is 21.8. The number of carbonyl (C=O) groups is 5. The Labute approximate surface area is 268 Å². The number of rotatable bonds is 15. The monoisotopic (exact) mass is 639 g/mol. The number of hydrogen-bond donors (Lipinski definition) is 8. The van der Waals surface area contributed by atoms with Crippen molar-refractivity contribution in [2.45, 2.75) is 88.6 Å². The number of benzene rings is 2. The molecule has 1 aliphatic carbocycles. The number of carboxylic acid groups (broad SMARTS) is 1. The first-order valence-electron chi connectivity index (χ1n) is 15.5. The van der Waals surface area contributed by atoms with Crippen LogP contribution >= 0.6 is 0 Å². The SMILES string of the molecule is CC(C)C[C@@H](NC(=O)[C@@H](Cc1ccccc1)NC(=O)CNC(=O)[C@@]1(NC(=O)[C@H](N)Cc2ccc(O)cc2)CCCC[C@H]1O)C(=O)O. The predicted octanol–water partition coefficient (Wildman–Crippen LogP) is 0.511. The molecule has 1 fully saturated rings. The number of phenolic OH excluding ortho intramolecular Hbond substituents is 1. The zero-order valence-electron chi connectivity index (χ0n) is 26.2. The molecule has 46 heavy (non-hydrogen) atoms. The zero-order chi connectivity index (χ0) is 33.9. The van der Waals surface area contributed by atoms with E-state index >= 15 is 0 Å². The molecule has 0 radical (unpaired) electrons. The summed E-state index contributed by atoms with van der Waals surface area (Å²) < 4.78 is 0. The fourth-order valence-electron chi connectivity index (χ4n) is 5.50. The second kappa shape index (κ2) is 16.7. The summed E-state index contributed by atoms with van der Waals surface area (Å²) in [5.74, 6) is -3.99. The van der Waals surface area contributed by atoms with Crippen LogP contribution in [0.2, 0.25) is 0 Å². The normalized spacial score (nSPS) is 19.7. The summed E-state index contributed by atoms with van der Waals surface area (Å²) in [6.07, 6.45) is 0.669. The third kappa shape index (κ3) is 10.3. The highest BCUT2D eigenvalue weighted by atomic mass is 16.4. The van der Waals surface area contributed by atoms with Crippen LogP contribution in [0.3, 0.4) is 0 Å². The van der Waals surface area contributed by atoms with Crippen molar-refractivity contribution in [1.29, 1.82) is 0 Å². The lowest BCUT2D eigenvalue weighted by Gasteiger charge is -2.41. The number of hydrogen-bond acceptors (Lipinski definition) is 8. The molecule has 0 bridgehead atoms. The van der Waals surface area contributed by atoms with Gasteiger partial charge >= 0.3 is 5.97 Å². The highest BCUT2D eigenvalue weighted by Crippen LogP contribution is 2.29. The largest absolute Gasteiger partial charge is 0.508 e. The molecule has 0 spiro atoms. The molecule has 2 aromatic rings. The third-order valence-electron chi connectivity index (χ3n) is 8.01. The molecule has 13 nitrogen and oxygen atoms in total. The molecule has 0 unspecified atom stereocenters. The smallest absolute Gasteiger partial charge is 0.326 e. The van der Waals surface area contributed by atoms with Crippen molar-refractivity contribution in [2.75, 3.05) is 6.54 Å². The average Bonchev–Trinajstić information content (AvgIpc) is 3.01. The molecule has 13 heteroatoms. The molecule has 2 aromatic carbocycles. The number of nitrogens with one attached hydrogen (secondary N) is 4. The molecule has 1 aliphatic rings. The van der Waals surface area contributed by atoms with E-state index in [9.17, 15) is 39.3 Å². The summed E-state index contributed by atoms with van der Waals surface area (Å²) in [6.45, 7) is 3.08.